The van der Waals surface area contributed by atoms with Crippen LogP contribution in [-0.2, 0) is 4.79 Å². The number of carbonyl (C=O) groups excluding carboxylic acids is 1. The van der Waals surface area contributed by atoms with Gasteiger partial charge in [-0.3, -0.25) is 9.69 Å². The minimum atomic E-state index is 0.0586. The highest BCUT2D eigenvalue weighted by Gasteiger charge is 2.25. The zero-order valence-corrected chi connectivity index (χ0v) is 13.1. The van der Waals surface area contributed by atoms with Crippen molar-refractivity contribution in [2.75, 3.05) is 25.0 Å². The summed E-state index contributed by atoms with van der Waals surface area (Å²) >= 11 is 0. The molecule has 1 saturated heterocycles. The summed E-state index contributed by atoms with van der Waals surface area (Å²) in [5, 5.41) is 12.0. The Morgan fingerprint density at radius 3 is 2.76 bits per heavy atom. The molecule has 1 atom stereocenters. The van der Waals surface area contributed by atoms with E-state index in [1.165, 1.54) is 0 Å². The summed E-state index contributed by atoms with van der Waals surface area (Å²) in [7, 11) is 0. The Balaban J connectivity index is 1.92. The van der Waals surface area contributed by atoms with Gasteiger partial charge in [0.25, 0.3) is 0 Å². The zero-order chi connectivity index (χ0) is 15.2. The summed E-state index contributed by atoms with van der Waals surface area (Å²) < 4.78 is 0. The smallest absolute Gasteiger partial charge is 0.238 e. The second-order valence-electron chi connectivity index (χ2n) is 5.95. The number of likely N-dealkylation sites (tertiary alicyclic amines) is 1. The molecule has 2 rings (SSSR count). The molecule has 1 aliphatic rings. The summed E-state index contributed by atoms with van der Waals surface area (Å²) in [6.07, 6.45) is 4.08. The van der Waals surface area contributed by atoms with Gasteiger partial charge in [0, 0.05) is 18.3 Å². The molecule has 0 aromatic heterocycles. The van der Waals surface area contributed by atoms with E-state index in [1.807, 2.05) is 32.0 Å². The van der Waals surface area contributed by atoms with Crippen molar-refractivity contribution >= 4 is 11.6 Å². The number of hydrogen-bond acceptors (Lipinski definition) is 3. The van der Waals surface area contributed by atoms with Gasteiger partial charge in [0.1, 0.15) is 0 Å². The third-order valence-electron chi connectivity index (χ3n) is 4.29. The third-order valence-corrected chi connectivity index (χ3v) is 4.29. The van der Waals surface area contributed by atoms with E-state index in [0.717, 1.165) is 49.0 Å². The number of hydrogen-bond donors (Lipinski definition) is 2. The molecule has 21 heavy (non-hydrogen) atoms. The van der Waals surface area contributed by atoms with E-state index < -0.39 is 0 Å². The minimum absolute atomic E-state index is 0.0586. The van der Waals surface area contributed by atoms with Crippen molar-refractivity contribution in [3.8, 4) is 0 Å². The van der Waals surface area contributed by atoms with Crippen LogP contribution >= 0.6 is 0 Å². The number of aliphatic hydroxyl groups excluding tert-OH is 1. The van der Waals surface area contributed by atoms with Gasteiger partial charge in [0.05, 0.1) is 6.54 Å². The van der Waals surface area contributed by atoms with E-state index in [1.54, 1.807) is 0 Å². The highest BCUT2D eigenvalue weighted by molar-refractivity contribution is 5.93. The Bertz CT molecular complexity index is 467. The molecule has 116 valence electrons. The largest absolute Gasteiger partial charge is 0.396 e. The molecular weight excluding hydrogens is 264 g/mol. The fourth-order valence-corrected chi connectivity index (χ4v) is 3.13. The van der Waals surface area contributed by atoms with Crippen LogP contribution in [0.4, 0.5) is 5.69 Å². The van der Waals surface area contributed by atoms with Gasteiger partial charge in [0.2, 0.25) is 5.91 Å². The number of amides is 1. The van der Waals surface area contributed by atoms with Crippen LogP contribution in [0.5, 0.6) is 0 Å². The first-order valence-electron chi connectivity index (χ1n) is 7.83. The highest BCUT2D eigenvalue weighted by atomic mass is 16.3. The molecule has 1 amide bonds. The van der Waals surface area contributed by atoms with E-state index >= 15 is 0 Å². The lowest BCUT2D eigenvalue weighted by atomic mass is 10.1. The lowest BCUT2D eigenvalue weighted by Crippen LogP contribution is -2.37. The molecule has 1 aliphatic heterocycles. The number of nitrogens with one attached hydrogen (secondary N) is 1. The standard InChI is InChI=1S/C17H26N2O2/c1-13-6-3-7-14(2)17(13)18-16(21)12-19-10-4-8-15(19)9-5-11-20/h3,6-7,15,20H,4-5,8-12H2,1-2H3,(H,18,21). The maximum atomic E-state index is 12.3. The number of aliphatic hydroxyl groups is 1. The Morgan fingerprint density at radius 2 is 2.10 bits per heavy atom. The Kier molecular flexibility index (Phi) is 5.76. The van der Waals surface area contributed by atoms with Crippen LogP contribution in [0.2, 0.25) is 0 Å². The Labute approximate surface area is 127 Å². The van der Waals surface area contributed by atoms with Gasteiger partial charge >= 0.3 is 0 Å². The van der Waals surface area contributed by atoms with Crippen molar-refractivity contribution in [3.05, 3.63) is 29.3 Å². The quantitative estimate of drug-likeness (QED) is 0.846. The lowest BCUT2D eigenvalue weighted by Gasteiger charge is -2.24. The topological polar surface area (TPSA) is 52.6 Å². The van der Waals surface area contributed by atoms with Gasteiger partial charge in [-0.05, 0) is 57.2 Å². The maximum Gasteiger partial charge on any atom is 0.238 e. The average Bonchev–Trinajstić information content (AvgIpc) is 2.88. The van der Waals surface area contributed by atoms with E-state index in [2.05, 4.69) is 10.2 Å². The van der Waals surface area contributed by atoms with E-state index in [9.17, 15) is 4.79 Å². The molecule has 1 unspecified atom stereocenters. The normalized spacial score (nSPS) is 18.9. The van der Waals surface area contributed by atoms with Crippen LogP contribution in [0.15, 0.2) is 18.2 Å². The van der Waals surface area contributed by atoms with Crippen molar-refractivity contribution in [1.29, 1.82) is 0 Å². The van der Waals surface area contributed by atoms with Crippen molar-refractivity contribution in [2.45, 2.75) is 45.6 Å². The molecule has 0 saturated carbocycles. The van der Waals surface area contributed by atoms with Crippen molar-refractivity contribution in [3.63, 3.8) is 0 Å². The SMILES string of the molecule is Cc1cccc(C)c1NC(=O)CN1CCCC1CCCO. The number of carbonyl (C=O) groups is 1. The van der Waals surface area contributed by atoms with Crippen LogP contribution in [0, 0.1) is 13.8 Å². The van der Waals surface area contributed by atoms with Gasteiger partial charge in [-0.2, -0.15) is 0 Å². The molecule has 1 heterocycles. The molecule has 4 heteroatoms. The van der Waals surface area contributed by atoms with Gasteiger partial charge in [-0.25, -0.2) is 0 Å². The number of benzene rings is 1. The molecule has 4 nitrogen and oxygen atoms in total. The van der Waals surface area contributed by atoms with Crippen molar-refractivity contribution < 1.29 is 9.90 Å². The first-order valence-corrected chi connectivity index (χ1v) is 7.83. The average molecular weight is 290 g/mol. The maximum absolute atomic E-state index is 12.3. The van der Waals surface area contributed by atoms with Crippen LogP contribution in [0.3, 0.4) is 0 Å². The van der Waals surface area contributed by atoms with Crippen molar-refractivity contribution in [1.82, 2.24) is 4.90 Å². The first-order chi connectivity index (χ1) is 10.1. The van der Waals surface area contributed by atoms with Crippen molar-refractivity contribution in [2.24, 2.45) is 0 Å². The van der Waals surface area contributed by atoms with Crippen LogP contribution < -0.4 is 5.32 Å². The third kappa shape index (κ3) is 4.29. The van der Waals surface area contributed by atoms with E-state index in [4.69, 9.17) is 5.11 Å². The number of nitrogens with zero attached hydrogens (tertiary/aromatic N) is 1. The summed E-state index contributed by atoms with van der Waals surface area (Å²) in [5.41, 5.74) is 3.14. The summed E-state index contributed by atoms with van der Waals surface area (Å²) in [5.74, 6) is 0.0586. The second kappa shape index (κ2) is 7.57. The molecule has 0 aliphatic carbocycles. The molecule has 1 aromatic carbocycles. The highest BCUT2D eigenvalue weighted by Crippen LogP contribution is 2.22. The number of anilines is 1. The number of rotatable bonds is 6. The number of aryl methyl sites for hydroxylation is 2. The summed E-state index contributed by atoms with van der Waals surface area (Å²) in [4.78, 5) is 14.5. The zero-order valence-electron chi connectivity index (χ0n) is 13.1. The fraction of sp³-hybridized carbons (Fsp3) is 0.588. The van der Waals surface area contributed by atoms with Gasteiger partial charge < -0.3 is 10.4 Å². The second-order valence-corrected chi connectivity index (χ2v) is 5.95. The van der Waals surface area contributed by atoms with E-state index in [-0.39, 0.29) is 12.5 Å². The monoisotopic (exact) mass is 290 g/mol. The lowest BCUT2D eigenvalue weighted by molar-refractivity contribution is -0.117. The van der Waals surface area contributed by atoms with Crippen LogP contribution in [0.25, 0.3) is 0 Å². The molecule has 1 aromatic rings. The predicted octanol–water partition coefficient (Wildman–Crippen LogP) is 2.48. The van der Waals surface area contributed by atoms with Gasteiger partial charge in [-0.1, -0.05) is 18.2 Å². The first kappa shape index (κ1) is 16.0. The fourth-order valence-electron chi connectivity index (χ4n) is 3.13. The molecule has 0 radical (unpaired) electrons. The summed E-state index contributed by atoms with van der Waals surface area (Å²) in [6.45, 7) is 5.70. The molecule has 0 bridgehead atoms. The van der Waals surface area contributed by atoms with Crippen LogP contribution in [-0.4, -0.2) is 41.7 Å². The molecule has 2 N–H and O–H groups in total. The minimum Gasteiger partial charge on any atom is -0.396 e. The van der Waals surface area contributed by atoms with Crippen LogP contribution in [0.1, 0.15) is 36.8 Å². The Morgan fingerprint density at radius 1 is 1.38 bits per heavy atom. The predicted molar refractivity (Wildman–Crippen MR) is 85.5 cm³/mol. The summed E-state index contributed by atoms with van der Waals surface area (Å²) in [6, 6.07) is 6.48. The molecule has 0 spiro atoms. The Hall–Kier alpha value is -1.39. The molecule has 1 fully saturated rings. The van der Waals surface area contributed by atoms with E-state index in [0.29, 0.717) is 12.6 Å². The van der Waals surface area contributed by atoms with Gasteiger partial charge in [-0.15, -0.1) is 0 Å². The van der Waals surface area contributed by atoms with Gasteiger partial charge in [0.15, 0.2) is 0 Å². The molecular formula is C17H26N2O2. The number of para-hydroxylation sites is 1.